The highest BCUT2D eigenvalue weighted by Gasteiger charge is 2.38. The number of carbonyl (C=O) groups excluding carboxylic acids is 3. The van der Waals surface area contributed by atoms with E-state index in [1.54, 1.807) is 29.2 Å². The molecule has 9 heteroatoms. The van der Waals surface area contributed by atoms with Crippen LogP contribution in [0.3, 0.4) is 0 Å². The number of urea groups is 1. The number of benzene rings is 2. The molecule has 1 atom stereocenters. The van der Waals surface area contributed by atoms with E-state index in [0.717, 1.165) is 69.0 Å². The highest BCUT2D eigenvalue weighted by Crippen LogP contribution is 2.40. The molecule has 2 aromatic rings. The Morgan fingerprint density at radius 2 is 1.59 bits per heavy atom. The van der Waals surface area contributed by atoms with E-state index in [9.17, 15) is 19.2 Å². The Kier molecular flexibility index (Phi) is 9.34. The van der Waals surface area contributed by atoms with Gasteiger partial charge in [-0.2, -0.15) is 0 Å². The van der Waals surface area contributed by atoms with Gasteiger partial charge in [0.2, 0.25) is 5.91 Å². The van der Waals surface area contributed by atoms with Crippen LogP contribution in [0.2, 0.25) is 0 Å². The van der Waals surface area contributed by atoms with Crippen LogP contribution in [-0.4, -0.2) is 46.9 Å². The minimum atomic E-state index is -0.955. The van der Waals surface area contributed by atoms with Crippen LogP contribution in [0.15, 0.2) is 48.5 Å². The van der Waals surface area contributed by atoms with Gasteiger partial charge in [0.15, 0.2) is 5.78 Å². The third kappa shape index (κ3) is 7.14. The molecule has 2 fully saturated rings. The maximum absolute atomic E-state index is 14.1. The third-order valence-corrected chi connectivity index (χ3v) is 8.68. The van der Waals surface area contributed by atoms with Crippen LogP contribution < -0.4 is 15.6 Å². The molecule has 1 aliphatic heterocycles. The molecule has 5 rings (SSSR count). The molecular weight excluding hydrogens is 520 g/mol. The number of nitrogens with zero attached hydrogens (tertiary/aromatic N) is 2. The molecule has 3 N–H and O–H groups in total. The lowest BCUT2D eigenvalue weighted by molar-refractivity contribution is -0.136. The summed E-state index contributed by atoms with van der Waals surface area (Å²) in [6.45, 7) is -0.276. The average Bonchev–Trinajstić information content (AvgIpc) is 3.08. The second kappa shape index (κ2) is 13.3. The summed E-state index contributed by atoms with van der Waals surface area (Å²) in [7, 11) is 0. The number of hydrogen-bond acceptors (Lipinski definition) is 5. The second-order valence-corrected chi connectivity index (χ2v) is 11.6. The Morgan fingerprint density at radius 1 is 0.878 bits per heavy atom. The number of fused-ring (bicyclic) bond motifs is 1. The van der Waals surface area contributed by atoms with Gasteiger partial charge in [0, 0.05) is 11.6 Å². The minimum Gasteiger partial charge on any atom is -0.481 e. The zero-order valence-electron chi connectivity index (χ0n) is 23.5. The summed E-state index contributed by atoms with van der Waals surface area (Å²) in [4.78, 5) is 53.5. The van der Waals surface area contributed by atoms with E-state index in [-0.39, 0.29) is 37.3 Å². The second-order valence-electron chi connectivity index (χ2n) is 11.6. The molecule has 0 bridgehead atoms. The van der Waals surface area contributed by atoms with Gasteiger partial charge in [-0.25, -0.2) is 15.2 Å². The van der Waals surface area contributed by atoms with Crippen molar-refractivity contribution in [1.29, 1.82) is 0 Å². The average molecular weight is 561 g/mol. The minimum absolute atomic E-state index is 0.0189. The molecular formula is C32H40N4O5. The lowest BCUT2D eigenvalue weighted by Gasteiger charge is -2.33. The van der Waals surface area contributed by atoms with Crippen molar-refractivity contribution in [3.05, 3.63) is 59.7 Å². The Hall–Kier alpha value is -3.72. The molecule has 0 spiro atoms. The van der Waals surface area contributed by atoms with E-state index in [1.807, 2.05) is 24.3 Å². The molecule has 2 aromatic carbocycles. The third-order valence-electron chi connectivity index (χ3n) is 8.68. The molecule has 41 heavy (non-hydrogen) atoms. The van der Waals surface area contributed by atoms with Crippen molar-refractivity contribution in [1.82, 2.24) is 10.4 Å². The number of rotatable bonds is 9. The Balaban J connectivity index is 1.41. The van der Waals surface area contributed by atoms with E-state index in [4.69, 9.17) is 5.11 Å². The van der Waals surface area contributed by atoms with E-state index >= 15 is 0 Å². The molecule has 2 aliphatic carbocycles. The van der Waals surface area contributed by atoms with Crippen molar-refractivity contribution in [2.24, 2.45) is 11.8 Å². The maximum Gasteiger partial charge on any atom is 0.339 e. The summed E-state index contributed by atoms with van der Waals surface area (Å²) >= 11 is 0. The molecule has 3 amide bonds. The zero-order chi connectivity index (χ0) is 28.8. The first-order valence-corrected chi connectivity index (χ1v) is 15.0. The normalized spacial score (nSPS) is 20.3. The first-order valence-electron chi connectivity index (χ1n) is 15.0. The van der Waals surface area contributed by atoms with Crippen molar-refractivity contribution in [3.63, 3.8) is 0 Å². The highest BCUT2D eigenvalue weighted by atomic mass is 16.4. The summed E-state index contributed by atoms with van der Waals surface area (Å²) in [6, 6.07) is 13.9. The maximum atomic E-state index is 14.1. The Bertz CT molecular complexity index is 1270. The molecule has 1 unspecified atom stereocenters. The van der Waals surface area contributed by atoms with Gasteiger partial charge in [0.25, 0.3) is 0 Å². The van der Waals surface area contributed by atoms with Crippen LogP contribution in [0.5, 0.6) is 0 Å². The van der Waals surface area contributed by atoms with Crippen LogP contribution in [0.1, 0.15) is 81.4 Å². The van der Waals surface area contributed by atoms with E-state index < -0.39 is 17.9 Å². The largest absolute Gasteiger partial charge is 0.481 e. The van der Waals surface area contributed by atoms with Crippen molar-refractivity contribution in [3.8, 4) is 0 Å². The summed E-state index contributed by atoms with van der Waals surface area (Å²) in [6.07, 6.45) is 10.3. The van der Waals surface area contributed by atoms with Gasteiger partial charge in [0.1, 0.15) is 6.54 Å². The molecule has 9 nitrogen and oxygen atoms in total. The molecule has 1 heterocycles. The van der Waals surface area contributed by atoms with Gasteiger partial charge in [-0.05, 0) is 60.9 Å². The summed E-state index contributed by atoms with van der Waals surface area (Å²) in [5.41, 5.74) is 6.17. The molecule has 0 aromatic heterocycles. The number of amides is 3. The van der Waals surface area contributed by atoms with Crippen molar-refractivity contribution in [2.75, 3.05) is 23.3 Å². The fourth-order valence-electron chi connectivity index (χ4n) is 6.62. The highest BCUT2D eigenvalue weighted by molar-refractivity contribution is 6.02. The summed E-state index contributed by atoms with van der Waals surface area (Å²) < 4.78 is 0. The number of Topliss-reactive ketones (excluding diaryl/α,β-unsaturated/α-hetero) is 1. The van der Waals surface area contributed by atoms with Gasteiger partial charge < -0.3 is 10.4 Å². The van der Waals surface area contributed by atoms with Gasteiger partial charge in [-0.3, -0.25) is 19.3 Å². The molecule has 218 valence electrons. The van der Waals surface area contributed by atoms with E-state index in [0.29, 0.717) is 17.2 Å². The Morgan fingerprint density at radius 3 is 2.32 bits per heavy atom. The molecule has 3 aliphatic rings. The molecule has 0 radical (unpaired) electrons. The van der Waals surface area contributed by atoms with Crippen molar-refractivity contribution < 1.29 is 24.3 Å². The fraction of sp³-hybridized carbons (Fsp3) is 0.500. The standard InChI is InChI=1S/C32H40N4O5/c37-28(23-11-3-1-4-12-23)20-35-27-17-8-7-16-26(27)31(24-13-5-2-6-14-24)34-36(32(35)41)21-29(38)33-25-15-9-10-22(18-25)19-30(39)40/h7-10,15-18,23-24,31,34H,1-6,11-14,19-21H2,(H,33,38)(H,39,40). The van der Waals surface area contributed by atoms with Crippen LogP contribution in [0, 0.1) is 11.8 Å². The van der Waals surface area contributed by atoms with Gasteiger partial charge in [-0.15, -0.1) is 0 Å². The number of carbonyl (C=O) groups is 4. The first-order chi connectivity index (χ1) is 19.9. The summed E-state index contributed by atoms with van der Waals surface area (Å²) in [5.74, 6) is -1.04. The van der Waals surface area contributed by atoms with Gasteiger partial charge in [-0.1, -0.05) is 68.9 Å². The Labute approximate surface area is 241 Å². The number of anilines is 2. The monoisotopic (exact) mass is 560 g/mol. The zero-order valence-corrected chi connectivity index (χ0v) is 23.5. The number of aliphatic carboxylic acids is 1. The summed E-state index contributed by atoms with van der Waals surface area (Å²) in [5, 5.41) is 13.3. The lowest BCUT2D eigenvalue weighted by Crippen LogP contribution is -2.53. The number of ketones is 1. The van der Waals surface area contributed by atoms with Crippen molar-refractivity contribution in [2.45, 2.75) is 76.7 Å². The molecule has 0 saturated heterocycles. The van der Waals surface area contributed by atoms with Crippen LogP contribution >= 0.6 is 0 Å². The van der Waals surface area contributed by atoms with Crippen molar-refractivity contribution >= 4 is 35.1 Å². The van der Waals surface area contributed by atoms with E-state index in [1.165, 1.54) is 11.4 Å². The first kappa shape index (κ1) is 28.8. The predicted octanol–water partition coefficient (Wildman–Crippen LogP) is 5.47. The van der Waals surface area contributed by atoms with Crippen LogP contribution in [-0.2, 0) is 20.8 Å². The lowest BCUT2D eigenvalue weighted by atomic mass is 9.81. The SMILES string of the molecule is O=C(O)Cc1cccc(NC(=O)CN2NC(C3CCCCC3)c3ccccc3N(CC(=O)C3CCCCC3)C2=O)c1. The number of hydrogen-bond donors (Lipinski definition) is 3. The number of para-hydroxylation sites is 1. The number of nitrogens with one attached hydrogen (secondary N) is 2. The molecule has 2 saturated carbocycles. The fourth-order valence-corrected chi connectivity index (χ4v) is 6.62. The van der Waals surface area contributed by atoms with Crippen LogP contribution in [0.25, 0.3) is 0 Å². The smallest absolute Gasteiger partial charge is 0.339 e. The van der Waals surface area contributed by atoms with Gasteiger partial charge in [0.05, 0.1) is 24.7 Å². The topological polar surface area (TPSA) is 119 Å². The van der Waals surface area contributed by atoms with Crippen LogP contribution in [0.4, 0.5) is 16.2 Å². The van der Waals surface area contributed by atoms with Gasteiger partial charge >= 0.3 is 12.0 Å². The quantitative estimate of drug-likeness (QED) is 0.374. The number of carboxylic acids is 1. The number of carboxylic acid groups (broad SMARTS) is 1. The predicted molar refractivity (Wildman–Crippen MR) is 156 cm³/mol. The van der Waals surface area contributed by atoms with E-state index in [2.05, 4.69) is 10.7 Å². The number of hydrazine groups is 1.